The van der Waals surface area contributed by atoms with Crippen molar-refractivity contribution in [3.05, 3.63) is 68.5 Å². The van der Waals surface area contributed by atoms with Crippen LogP contribution in [0.4, 0.5) is 0 Å². The quantitative estimate of drug-likeness (QED) is 0.575. The van der Waals surface area contributed by atoms with Gasteiger partial charge in [0, 0.05) is 17.3 Å². The normalized spacial score (nSPS) is 25.4. The molecule has 154 valence electrons. The molecule has 2 aliphatic rings. The van der Waals surface area contributed by atoms with Crippen molar-refractivity contribution >= 4 is 7.82 Å². The largest absolute Gasteiger partial charge is 0.530 e. The zero-order chi connectivity index (χ0) is 20.6. The number of aryl methyl sites for hydroxylation is 1. The summed E-state index contributed by atoms with van der Waals surface area (Å²) in [6, 6.07) is 5.06. The lowest BCUT2D eigenvalue weighted by Gasteiger charge is -2.26. The van der Waals surface area contributed by atoms with Crippen molar-refractivity contribution in [2.24, 2.45) is 0 Å². The highest BCUT2D eigenvalue weighted by molar-refractivity contribution is 7.49. The van der Waals surface area contributed by atoms with Gasteiger partial charge >= 0.3 is 13.5 Å². The van der Waals surface area contributed by atoms with Crippen LogP contribution in [0.25, 0.3) is 0 Å². The van der Waals surface area contributed by atoms with Crippen molar-refractivity contribution in [2.75, 3.05) is 13.7 Å². The summed E-state index contributed by atoms with van der Waals surface area (Å²) in [7, 11) is -2.26. The molecule has 0 spiro atoms. The van der Waals surface area contributed by atoms with E-state index in [0.29, 0.717) is 22.6 Å². The molecule has 11 heteroatoms. The van der Waals surface area contributed by atoms with E-state index in [-0.39, 0.29) is 13.2 Å². The fourth-order valence-electron chi connectivity index (χ4n) is 2.93. The number of nitrogens with one attached hydrogen (secondary N) is 1. The van der Waals surface area contributed by atoms with Gasteiger partial charge in [0.05, 0.1) is 20.3 Å². The second-order valence-corrected chi connectivity index (χ2v) is 8.10. The van der Waals surface area contributed by atoms with Crippen LogP contribution >= 0.6 is 7.82 Å². The van der Waals surface area contributed by atoms with Gasteiger partial charge in [0.15, 0.2) is 6.23 Å². The third-order valence-corrected chi connectivity index (χ3v) is 5.81. The number of rotatable bonds is 5. The first-order valence-electron chi connectivity index (χ1n) is 8.78. The maximum absolute atomic E-state index is 12.7. The Morgan fingerprint density at radius 2 is 2.14 bits per heavy atom. The minimum absolute atomic E-state index is 0.0554. The number of hydrogen-bond acceptors (Lipinski definition) is 8. The first kappa shape index (κ1) is 19.7. The average Bonchev–Trinajstić information content (AvgIpc) is 3.18. The fraction of sp³-hybridized carbons (Fsp3) is 0.333. The van der Waals surface area contributed by atoms with Crippen molar-refractivity contribution < 1.29 is 27.6 Å². The van der Waals surface area contributed by atoms with Crippen LogP contribution in [0, 0.1) is 6.92 Å². The third-order valence-electron chi connectivity index (χ3n) is 4.48. The van der Waals surface area contributed by atoms with Crippen LogP contribution in [0.15, 0.2) is 46.1 Å². The minimum atomic E-state index is -3.81. The molecular weight excluding hydrogens is 403 g/mol. The van der Waals surface area contributed by atoms with Crippen LogP contribution in [0.2, 0.25) is 0 Å². The highest BCUT2D eigenvalue weighted by Crippen LogP contribution is 2.55. The molecule has 10 nitrogen and oxygen atoms in total. The lowest BCUT2D eigenvalue weighted by atomic mass is 10.2. The molecule has 0 saturated carbocycles. The van der Waals surface area contributed by atoms with Gasteiger partial charge in [-0.25, -0.2) is 9.36 Å². The van der Waals surface area contributed by atoms with Crippen LogP contribution in [0.1, 0.15) is 17.4 Å². The number of methoxy groups -OCH3 is 1. The van der Waals surface area contributed by atoms with Crippen molar-refractivity contribution in [1.82, 2.24) is 9.55 Å². The lowest BCUT2D eigenvalue weighted by Crippen LogP contribution is -2.33. The van der Waals surface area contributed by atoms with Crippen LogP contribution < -0.4 is 20.5 Å². The van der Waals surface area contributed by atoms with E-state index in [2.05, 4.69) is 4.98 Å². The topological polar surface area (TPSA) is 118 Å². The van der Waals surface area contributed by atoms with Crippen molar-refractivity contribution in [1.29, 1.82) is 0 Å². The number of hydrogen-bond donors (Lipinski definition) is 1. The number of fused-ring (bicyclic) bond motifs is 1. The predicted octanol–water partition coefficient (Wildman–Crippen LogP) is 2.04. The molecule has 3 heterocycles. The second kappa shape index (κ2) is 7.64. The molecule has 0 aliphatic carbocycles. The SMILES string of the molecule is COc1ccc2c(c1)CO[P@@](=O)(OC[C@@H]1C=C[C@H](n3cc(C)c(=O)[nH]c3=O)O1)O2. The van der Waals surface area contributed by atoms with E-state index in [9.17, 15) is 14.2 Å². The summed E-state index contributed by atoms with van der Waals surface area (Å²) in [5, 5.41) is 0. The Hall–Kier alpha value is -2.65. The van der Waals surface area contributed by atoms with E-state index in [4.69, 9.17) is 23.0 Å². The van der Waals surface area contributed by atoms with E-state index in [0.717, 1.165) is 0 Å². The Bertz CT molecular complexity index is 1120. The van der Waals surface area contributed by atoms with Gasteiger partial charge in [0.25, 0.3) is 5.56 Å². The molecule has 0 radical (unpaired) electrons. The molecule has 2 aliphatic heterocycles. The summed E-state index contributed by atoms with van der Waals surface area (Å²) >= 11 is 0. The number of phosphoric ester groups is 1. The molecule has 1 aromatic heterocycles. The standard InChI is InChI=1S/C18H19N2O8P/c1-11-8-20(18(22)19-17(11)21)16-6-4-14(27-16)10-26-29(23)25-9-12-7-13(24-2)3-5-15(12)28-29/h3-8,14,16H,9-10H2,1-2H3,(H,19,21,22)/t14-,16+,29-/m0/s1. The predicted molar refractivity (Wildman–Crippen MR) is 101 cm³/mol. The molecule has 1 aromatic carbocycles. The summed E-state index contributed by atoms with van der Waals surface area (Å²) in [6.07, 6.45) is 3.45. The Morgan fingerprint density at radius 3 is 2.93 bits per heavy atom. The van der Waals surface area contributed by atoms with Gasteiger partial charge in [-0.05, 0) is 31.2 Å². The summed E-state index contributed by atoms with van der Waals surface area (Å²) in [4.78, 5) is 25.7. The Balaban J connectivity index is 1.38. The molecule has 29 heavy (non-hydrogen) atoms. The van der Waals surface area contributed by atoms with Gasteiger partial charge < -0.3 is 14.0 Å². The number of aromatic nitrogens is 2. The highest BCUT2D eigenvalue weighted by Gasteiger charge is 2.36. The zero-order valence-electron chi connectivity index (χ0n) is 15.7. The minimum Gasteiger partial charge on any atom is -0.497 e. The first-order chi connectivity index (χ1) is 13.9. The molecule has 4 rings (SSSR count). The molecule has 0 fully saturated rings. The van der Waals surface area contributed by atoms with E-state index >= 15 is 0 Å². The van der Waals surface area contributed by atoms with Gasteiger partial charge in [-0.15, -0.1) is 0 Å². The first-order valence-corrected chi connectivity index (χ1v) is 10.2. The van der Waals surface area contributed by atoms with Crippen molar-refractivity contribution in [2.45, 2.75) is 25.9 Å². The van der Waals surface area contributed by atoms with Gasteiger partial charge in [-0.2, -0.15) is 0 Å². The van der Waals surface area contributed by atoms with E-state index < -0.39 is 31.4 Å². The van der Waals surface area contributed by atoms with Gasteiger partial charge in [0.1, 0.15) is 17.6 Å². The zero-order valence-corrected chi connectivity index (χ0v) is 16.6. The average molecular weight is 422 g/mol. The lowest BCUT2D eigenvalue weighted by molar-refractivity contribution is -0.0130. The summed E-state index contributed by atoms with van der Waals surface area (Å²) in [5.74, 6) is 1.04. The number of H-pyrrole nitrogens is 1. The molecule has 0 bridgehead atoms. The van der Waals surface area contributed by atoms with Crippen LogP contribution in [0.5, 0.6) is 11.5 Å². The second-order valence-electron chi connectivity index (χ2n) is 6.51. The number of nitrogens with zero attached hydrogens (tertiary/aromatic N) is 1. The molecule has 1 N–H and O–H groups in total. The van der Waals surface area contributed by atoms with Crippen LogP contribution in [-0.2, 0) is 25.0 Å². The maximum atomic E-state index is 12.7. The van der Waals surface area contributed by atoms with Gasteiger partial charge in [-0.3, -0.25) is 23.4 Å². The fourth-order valence-corrected chi connectivity index (χ4v) is 4.15. The van der Waals surface area contributed by atoms with Crippen LogP contribution in [0.3, 0.4) is 0 Å². The van der Waals surface area contributed by atoms with Gasteiger partial charge in [0.2, 0.25) is 0 Å². The molecule has 0 amide bonds. The van der Waals surface area contributed by atoms with E-state index in [1.807, 2.05) is 0 Å². The Labute approximate surface area is 165 Å². The molecular formula is C18H19N2O8P. The number of aromatic amines is 1. The molecule has 3 atom stereocenters. The summed E-state index contributed by atoms with van der Waals surface area (Å²) in [5.41, 5.74) is 0.0423. The van der Waals surface area contributed by atoms with Crippen molar-refractivity contribution in [3.8, 4) is 11.5 Å². The third kappa shape index (κ3) is 4.06. The van der Waals surface area contributed by atoms with E-state index in [1.54, 1.807) is 44.4 Å². The van der Waals surface area contributed by atoms with Crippen LogP contribution in [-0.4, -0.2) is 29.4 Å². The Kier molecular flexibility index (Phi) is 5.18. The molecule has 2 aromatic rings. The maximum Gasteiger partial charge on any atom is 0.530 e. The number of phosphoric acid groups is 1. The monoisotopic (exact) mass is 422 g/mol. The molecule has 0 unspecified atom stereocenters. The Morgan fingerprint density at radius 1 is 1.31 bits per heavy atom. The van der Waals surface area contributed by atoms with E-state index in [1.165, 1.54) is 10.8 Å². The summed E-state index contributed by atoms with van der Waals surface area (Å²) in [6.45, 7) is 1.54. The number of ether oxygens (including phenoxy) is 2. The smallest absolute Gasteiger partial charge is 0.497 e. The highest BCUT2D eigenvalue weighted by atomic mass is 31.2. The van der Waals surface area contributed by atoms with Crippen molar-refractivity contribution in [3.63, 3.8) is 0 Å². The molecule has 0 saturated heterocycles. The number of benzene rings is 1. The summed E-state index contributed by atoms with van der Waals surface area (Å²) < 4.78 is 40.9. The van der Waals surface area contributed by atoms with Gasteiger partial charge in [-0.1, -0.05) is 6.08 Å².